The molecule has 1 aliphatic heterocycles. The van der Waals surface area contributed by atoms with Crippen LogP contribution in [0.2, 0.25) is 0 Å². The summed E-state index contributed by atoms with van der Waals surface area (Å²) >= 11 is 0. The second-order valence-corrected chi connectivity index (χ2v) is 6.28. The topological polar surface area (TPSA) is 56.1 Å². The van der Waals surface area contributed by atoms with E-state index in [1.165, 1.54) is 18.4 Å². The van der Waals surface area contributed by atoms with Crippen molar-refractivity contribution in [1.29, 1.82) is 0 Å². The Morgan fingerprint density at radius 3 is 2.65 bits per heavy atom. The zero-order valence-corrected chi connectivity index (χ0v) is 13.9. The van der Waals surface area contributed by atoms with Crippen LogP contribution in [0, 0.1) is 5.92 Å². The Bertz CT molecular complexity index is 592. The first-order chi connectivity index (χ1) is 11.3. The maximum Gasteiger partial charge on any atom is 0.173 e. The molecule has 0 bridgehead atoms. The normalized spacial score (nSPS) is 18.2. The molecule has 1 aliphatic rings. The molecule has 124 valence electrons. The first kappa shape index (κ1) is 16.1. The standard InChI is InChI=1S/C17H25N5O/c1-14-8-10-21(11-9-14)16(15-6-4-3-5-7-15)17-18-19-20-22(17)12-13-23-2/h3-7,14,16H,8-13H2,1-2H3. The van der Waals surface area contributed by atoms with Crippen molar-refractivity contribution in [2.45, 2.75) is 32.4 Å². The van der Waals surface area contributed by atoms with Gasteiger partial charge in [-0.1, -0.05) is 37.3 Å². The Labute approximate surface area is 137 Å². The van der Waals surface area contributed by atoms with E-state index in [-0.39, 0.29) is 6.04 Å². The largest absolute Gasteiger partial charge is 0.383 e. The molecule has 0 amide bonds. The minimum Gasteiger partial charge on any atom is -0.383 e. The Morgan fingerprint density at radius 2 is 1.96 bits per heavy atom. The van der Waals surface area contributed by atoms with Gasteiger partial charge in [-0.15, -0.1) is 5.10 Å². The molecule has 6 heteroatoms. The first-order valence-electron chi connectivity index (χ1n) is 8.33. The molecule has 0 radical (unpaired) electrons. The van der Waals surface area contributed by atoms with E-state index in [0.717, 1.165) is 24.8 Å². The number of nitrogens with zero attached hydrogens (tertiary/aromatic N) is 5. The highest BCUT2D eigenvalue weighted by atomic mass is 16.5. The molecule has 2 aromatic rings. The van der Waals surface area contributed by atoms with Crippen LogP contribution in [0.5, 0.6) is 0 Å². The third-order valence-corrected chi connectivity index (χ3v) is 4.61. The van der Waals surface area contributed by atoms with Crippen LogP contribution in [-0.4, -0.2) is 51.9 Å². The molecule has 1 saturated heterocycles. The van der Waals surface area contributed by atoms with Gasteiger partial charge in [0.25, 0.3) is 0 Å². The predicted octanol–water partition coefficient (Wildman–Crippen LogP) is 2.14. The third-order valence-electron chi connectivity index (χ3n) is 4.61. The average Bonchev–Trinajstić information content (AvgIpc) is 3.04. The molecule has 1 fully saturated rings. The van der Waals surface area contributed by atoms with E-state index < -0.39 is 0 Å². The SMILES string of the molecule is COCCn1nnnc1C(c1ccccc1)N1CCC(C)CC1. The van der Waals surface area contributed by atoms with Crippen LogP contribution in [0.15, 0.2) is 30.3 Å². The van der Waals surface area contributed by atoms with Crippen molar-refractivity contribution < 1.29 is 4.74 Å². The molecule has 1 atom stereocenters. The molecule has 2 heterocycles. The molecule has 1 aromatic carbocycles. The molecule has 0 N–H and O–H groups in total. The van der Waals surface area contributed by atoms with Crippen molar-refractivity contribution in [3.05, 3.63) is 41.7 Å². The van der Waals surface area contributed by atoms with Gasteiger partial charge >= 0.3 is 0 Å². The highest BCUT2D eigenvalue weighted by Gasteiger charge is 2.30. The molecule has 0 saturated carbocycles. The summed E-state index contributed by atoms with van der Waals surface area (Å²) in [6, 6.07) is 10.6. The van der Waals surface area contributed by atoms with Gasteiger partial charge in [-0.3, -0.25) is 4.90 Å². The number of benzene rings is 1. The van der Waals surface area contributed by atoms with E-state index in [9.17, 15) is 0 Å². The second-order valence-electron chi connectivity index (χ2n) is 6.28. The molecule has 0 spiro atoms. The molecule has 3 rings (SSSR count). The van der Waals surface area contributed by atoms with Crippen LogP contribution in [0.25, 0.3) is 0 Å². The van der Waals surface area contributed by atoms with Gasteiger partial charge in [-0.25, -0.2) is 4.68 Å². The fourth-order valence-corrected chi connectivity index (χ4v) is 3.19. The van der Waals surface area contributed by atoms with Gasteiger partial charge in [0.1, 0.15) is 0 Å². The number of piperidine rings is 1. The number of tetrazole rings is 1. The van der Waals surface area contributed by atoms with Gasteiger partial charge in [0.2, 0.25) is 0 Å². The van der Waals surface area contributed by atoms with Crippen molar-refractivity contribution in [2.75, 3.05) is 26.8 Å². The lowest BCUT2D eigenvalue weighted by molar-refractivity contribution is 0.144. The number of likely N-dealkylation sites (tertiary alicyclic amines) is 1. The van der Waals surface area contributed by atoms with E-state index in [0.29, 0.717) is 13.2 Å². The quantitative estimate of drug-likeness (QED) is 0.817. The summed E-state index contributed by atoms with van der Waals surface area (Å²) in [7, 11) is 1.70. The number of rotatable bonds is 6. The van der Waals surface area contributed by atoms with Crippen molar-refractivity contribution >= 4 is 0 Å². The van der Waals surface area contributed by atoms with Crippen LogP contribution in [-0.2, 0) is 11.3 Å². The molecule has 1 unspecified atom stereocenters. The summed E-state index contributed by atoms with van der Waals surface area (Å²) in [6.45, 7) is 5.77. The predicted molar refractivity (Wildman–Crippen MR) is 87.9 cm³/mol. The summed E-state index contributed by atoms with van der Waals surface area (Å²) < 4.78 is 7.06. The van der Waals surface area contributed by atoms with Gasteiger partial charge in [0.05, 0.1) is 19.2 Å². The Balaban J connectivity index is 1.91. The zero-order chi connectivity index (χ0) is 16.1. The van der Waals surface area contributed by atoms with Crippen molar-refractivity contribution in [3.63, 3.8) is 0 Å². The van der Waals surface area contributed by atoms with Crippen LogP contribution in [0.4, 0.5) is 0 Å². The molecule has 23 heavy (non-hydrogen) atoms. The van der Waals surface area contributed by atoms with Crippen molar-refractivity contribution in [3.8, 4) is 0 Å². The van der Waals surface area contributed by atoms with E-state index in [1.807, 2.05) is 10.7 Å². The maximum absolute atomic E-state index is 5.19. The van der Waals surface area contributed by atoms with Gasteiger partial charge in [-0.2, -0.15) is 0 Å². The number of methoxy groups -OCH3 is 1. The lowest BCUT2D eigenvalue weighted by Crippen LogP contribution is -2.38. The molecule has 0 aliphatic carbocycles. The molecular weight excluding hydrogens is 290 g/mol. The lowest BCUT2D eigenvalue weighted by atomic mass is 9.95. The molecule has 1 aromatic heterocycles. The van der Waals surface area contributed by atoms with Crippen LogP contribution in [0.1, 0.15) is 37.2 Å². The summed E-state index contributed by atoms with van der Waals surface area (Å²) in [5.74, 6) is 1.70. The van der Waals surface area contributed by atoms with E-state index >= 15 is 0 Å². The number of aromatic nitrogens is 4. The highest BCUT2D eigenvalue weighted by Crippen LogP contribution is 2.30. The zero-order valence-electron chi connectivity index (χ0n) is 13.9. The fraction of sp³-hybridized carbons (Fsp3) is 0.588. The number of ether oxygens (including phenoxy) is 1. The van der Waals surface area contributed by atoms with Crippen LogP contribution >= 0.6 is 0 Å². The number of hydrogen-bond acceptors (Lipinski definition) is 5. The average molecular weight is 315 g/mol. The van der Waals surface area contributed by atoms with Gasteiger partial charge in [0, 0.05) is 7.11 Å². The number of hydrogen-bond donors (Lipinski definition) is 0. The summed E-state index contributed by atoms with van der Waals surface area (Å²) in [5.41, 5.74) is 1.25. The molecular formula is C17H25N5O. The summed E-state index contributed by atoms with van der Waals surface area (Å²) in [5, 5.41) is 12.4. The van der Waals surface area contributed by atoms with Crippen LogP contribution in [0.3, 0.4) is 0 Å². The van der Waals surface area contributed by atoms with Crippen LogP contribution < -0.4 is 0 Å². The van der Waals surface area contributed by atoms with Crippen molar-refractivity contribution in [2.24, 2.45) is 5.92 Å². The van der Waals surface area contributed by atoms with E-state index in [4.69, 9.17) is 4.74 Å². The maximum atomic E-state index is 5.19. The lowest BCUT2D eigenvalue weighted by Gasteiger charge is -2.36. The monoisotopic (exact) mass is 315 g/mol. The smallest absolute Gasteiger partial charge is 0.173 e. The summed E-state index contributed by atoms with van der Waals surface area (Å²) in [4.78, 5) is 2.50. The Morgan fingerprint density at radius 1 is 1.22 bits per heavy atom. The Kier molecular flexibility index (Phi) is 5.35. The summed E-state index contributed by atoms with van der Waals surface area (Å²) in [6.07, 6.45) is 2.45. The van der Waals surface area contributed by atoms with E-state index in [2.05, 4.69) is 51.6 Å². The second kappa shape index (κ2) is 7.66. The Hall–Kier alpha value is -1.79. The minimum atomic E-state index is 0.107. The van der Waals surface area contributed by atoms with E-state index in [1.54, 1.807) is 7.11 Å². The highest BCUT2D eigenvalue weighted by molar-refractivity contribution is 5.24. The van der Waals surface area contributed by atoms with Gasteiger partial charge in [-0.05, 0) is 47.8 Å². The third kappa shape index (κ3) is 3.76. The first-order valence-corrected chi connectivity index (χ1v) is 8.33. The molecule has 6 nitrogen and oxygen atoms in total. The minimum absolute atomic E-state index is 0.107. The van der Waals surface area contributed by atoms with Gasteiger partial charge in [0.15, 0.2) is 5.82 Å². The van der Waals surface area contributed by atoms with Crippen molar-refractivity contribution in [1.82, 2.24) is 25.1 Å². The van der Waals surface area contributed by atoms with Gasteiger partial charge < -0.3 is 4.74 Å². The fourth-order valence-electron chi connectivity index (χ4n) is 3.19.